The molecule has 0 saturated carbocycles. The van der Waals surface area contributed by atoms with Crippen molar-refractivity contribution in [3.8, 4) is 17.0 Å². The van der Waals surface area contributed by atoms with Gasteiger partial charge >= 0.3 is 0 Å². The van der Waals surface area contributed by atoms with Gasteiger partial charge in [0.15, 0.2) is 0 Å². The Bertz CT molecular complexity index is 505. The van der Waals surface area contributed by atoms with E-state index in [9.17, 15) is 0 Å². The van der Waals surface area contributed by atoms with Gasteiger partial charge in [0.1, 0.15) is 5.75 Å². The fourth-order valence-corrected chi connectivity index (χ4v) is 2.05. The second-order valence-electron chi connectivity index (χ2n) is 4.92. The fraction of sp³-hybridized carbons (Fsp3) is 0.438. The molecule has 0 radical (unpaired) electrons. The third kappa shape index (κ3) is 4.10. The number of ether oxygens (including phenoxy) is 1. The number of benzene rings is 1. The molecule has 0 amide bonds. The van der Waals surface area contributed by atoms with Crippen molar-refractivity contribution >= 4 is 0 Å². The molecule has 1 aromatic heterocycles. The summed E-state index contributed by atoms with van der Waals surface area (Å²) in [6.07, 6.45) is 4.90. The lowest BCUT2D eigenvalue weighted by Gasteiger charge is -2.06. The van der Waals surface area contributed by atoms with E-state index in [-0.39, 0.29) is 0 Å². The van der Waals surface area contributed by atoms with Crippen LogP contribution in [0, 0.1) is 0 Å². The predicted octanol–water partition coefficient (Wildman–Crippen LogP) is 3.49. The first kappa shape index (κ1) is 14.6. The Morgan fingerprint density at radius 3 is 2.60 bits per heavy atom. The van der Waals surface area contributed by atoms with E-state index >= 15 is 0 Å². The zero-order valence-corrected chi connectivity index (χ0v) is 12.1. The molecule has 0 aliphatic rings. The third-order valence-electron chi connectivity index (χ3n) is 3.27. The Labute approximate surface area is 120 Å². The van der Waals surface area contributed by atoms with Crippen molar-refractivity contribution in [2.24, 2.45) is 5.73 Å². The minimum absolute atomic E-state index is 0.478. The van der Waals surface area contributed by atoms with E-state index in [1.807, 2.05) is 30.3 Å². The molecule has 0 fully saturated rings. The largest absolute Gasteiger partial charge is 0.494 e. The number of hydrogen-bond donors (Lipinski definition) is 2. The molecule has 0 atom stereocenters. The zero-order chi connectivity index (χ0) is 14.2. The molecule has 0 aliphatic carbocycles. The van der Waals surface area contributed by atoms with Gasteiger partial charge in [-0.15, -0.1) is 0 Å². The maximum absolute atomic E-state index is 5.72. The van der Waals surface area contributed by atoms with Crippen LogP contribution in [0.25, 0.3) is 11.3 Å². The fourth-order valence-electron chi connectivity index (χ4n) is 2.05. The van der Waals surface area contributed by atoms with Gasteiger partial charge < -0.3 is 10.5 Å². The van der Waals surface area contributed by atoms with Crippen LogP contribution >= 0.6 is 0 Å². The number of H-pyrrole nitrogens is 1. The van der Waals surface area contributed by atoms with Crippen LogP contribution in [-0.4, -0.2) is 16.8 Å². The van der Waals surface area contributed by atoms with Gasteiger partial charge in [0.05, 0.1) is 12.3 Å². The molecule has 2 rings (SSSR count). The highest BCUT2D eigenvalue weighted by Crippen LogP contribution is 2.21. The number of hydrogen-bond acceptors (Lipinski definition) is 3. The van der Waals surface area contributed by atoms with Crippen molar-refractivity contribution in [3.63, 3.8) is 0 Å². The minimum Gasteiger partial charge on any atom is -0.494 e. The van der Waals surface area contributed by atoms with E-state index in [2.05, 4.69) is 17.1 Å². The maximum Gasteiger partial charge on any atom is 0.119 e. The van der Waals surface area contributed by atoms with Crippen LogP contribution in [0.4, 0.5) is 0 Å². The molecular formula is C16H23N3O. The van der Waals surface area contributed by atoms with Crippen molar-refractivity contribution in [3.05, 3.63) is 36.0 Å². The highest BCUT2D eigenvalue weighted by atomic mass is 16.5. The average Bonchev–Trinajstić information content (AvgIpc) is 2.97. The first-order valence-corrected chi connectivity index (χ1v) is 7.31. The maximum atomic E-state index is 5.72. The number of nitrogens with one attached hydrogen (secondary N) is 1. The zero-order valence-electron chi connectivity index (χ0n) is 12.1. The number of aromatic amines is 1. The number of aromatic nitrogens is 2. The lowest BCUT2D eigenvalue weighted by molar-refractivity contribution is 0.305. The highest BCUT2D eigenvalue weighted by molar-refractivity contribution is 5.60. The quantitative estimate of drug-likeness (QED) is 0.724. The van der Waals surface area contributed by atoms with Crippen molar-refractivity contribution < 1.29 is 4.74 Å². The van der Waals surface area contributed by atoms with E-state index < -0.39 is 0 Å². The van der Waals surface area contributed by atoms with E-state index in [0.717, 1.165) is 35.7 Å². The van der Waals surface area contributed by atoms with Crippen molar-refractivity contribution in [1.29, 1.82) is 0 Å². The lowest BCUT2D eigenvalue weighted by atomic mass is 10.1. The normalized spacial score (nSPS) is 10.7. The molecule has 3 N–H and O–H groups in total. The molecular weight excluding hydrogens is 250 g/mol. The van der Waals surface area contributed by atoms with Gasteiger partial charge in [0.2, 0.25) is 0 Å². The summed E-state index contributed by atoms with van der Waals surface area (Å²) in [7, 11) is 0. The Hall–Kier alpha value is -1.81. The van der Waals surface area contributed by atoms with Crippen LogP contribution < -0.4 is 10.5 Å². The summed E-state index contributed by atoms with van der Waals surface area (Å²) >= 11 is 0. The molecule has 1 aromatic carbocycles. The molecule has 0 bridgehead atoms. The molecule has 20 heavy (non-hydrogen) atoms. The standard InChI is InChI=1S/C16H23N3O/c1-2-3-4-5-10-20-15-8-6-13(7-9-15)16-11-14(12-17)18-19-16/h6-9,11H,2-5,10,12,17H2,1H3,(H,18,19). The van der Waals surface area contributed by atoms with E-state index in [0.29, 0.717) is 6.54 Å². The SMILES string of the molecule is CCCCCCOc1ccc(-c2cc(CN)[nH]n2)cc1. The molecule has 0 spiro atoms. The van der Waals surface area contributed by atoms with Crippen LogP contribution in [0.2, 0.25) is 0 Å². The van der Waals surface area contributed by atoms with Crippen LogP contribution in [-0.2, 0) is 6.54 Å². The van der Waals surface area contributed by atoms with Gasteiger partial charge in [0, 0.05) is 17.8 Å². The lowest BCUT2D eigenvalue weighted by Crippen LogP contribution is -1.96. The molecule has 2 aromatic rings. The van der Waals surface area contributed by atoms with Gasteiger partial charge in [-0.3, -0.25) is 5.10 Å². The summed E-state index contributed by atoms with van der Waals surface area (Å²) in [6.45, 7) is 3.48. The molecule has 4 nitrogen and oxygen atoms in total. The monoisotopic (exact) mass is 273 g/mol. The average molecular weight is 273 g/mol. The number of rotatable bonds is 8. The van der Waals surface area contributed by atoms with Crippen LogP contribution in [0.15, 0.2) is 30.3 Å². The summed E-state index contributed by atoms with van der Waals surface area (Å²) in [5.74, 6) is 0.917. The summed E-state index contributed by atoms with van der Waals surface area (Å²) < 4.78 is 5.72. The summed E-state index contributed by atoms with van der Waals surface area (Å²) in [5, 5.41) is 7.15. The third-order valence-corrected chi connectivity index (χ3v) is 3.27. The van der Waals surface area contributed by atoms with Gasteiger partial charge in [-0.25, -0.2) is 0 Å². The van der Waals surface area contributed by atoms with Gasteiger partial charge in [-0.1, -0.05) is 26.2 Å². The highest BCUT2D eigenvalue weighted by Gasteiger charge is 2.03. The Morgan fingerprint density at radius 2 is 1.95 bits per heavy atom. The van der Waals surface area contributed by atoms with Crippen LogP contribution in [0.1, 0.15) is 38.3 Å². The topological polar surface area (TPSA) is 63.9 Å². The Morgan fingerprint density at radius 1 is 1.15 bits per heavy atom. The summed E-state index contributed by atoms with van der Waals surface area (Å²) in [6, 6.07) is 10.0. The summed E-state index contributed by atoms with van der Waals surface area (Å²) in [4.78, 5) is 0. The van der Waals surface area contributed by atoms with Gasteiger partial charge in [-0.2, -0.15) is 5.10 Å². The molecule has 1 heterocycles. The number of nitrogens with zero attached hydrogens (tertiary/aromatic N) is 1. The molecule has 0 unspecified atom stereocenters. The second kappa shape index (κ2) is 7.70. The molecule has 0 saturated heterocycles. The summed E-state index contributed by atoms with van der Waals surface area (Å²) in [5.41, 5.74) is 8.49. The smallest absolute Gasteiger partial charge is 0.119 e. The molecule has 0 aliphatic heterocycles. The van der Waals surface area contributed by atoms with Crippen molar-refractivity contribution in [2.75, 3.05) is 6.61 Å². The first-order chi connectivity index (χ1) is 9.83. The molecule has 108 valence electrons. The van der Waals surface area contributed by atoms with E-state index in [1.54, 1.807) is 0 Å². The van der Waals surface area contributed by atoms with Crippen molar-refractivity contribution in [2.45, 2.75) is 39.2 Å². The molecule has 4 heteroatoms. The Kier molecular flexibility index (Phi) is 5.62. The van der Waals surface area contributed by atoms with Crippen LogP contribution in [0.5, 0.6) is 5.75 Å². The number of unbranched alkanes of at least 4 members (excludes halogenated alkanes) is 3. The van der Waals surface area contributed by atoms with E-state index in [4.69, 9.17) is 10.5 Å². The van der Waals surface area contributed by atoms with Gasteiger partial charge in [0.25, 0.3) is 0 Å². The second-order valence-corrected chi connectivity index (χ2v) is 4.92. The minimum atomic E-state index is 0.478. The van der Waals surface area contributed by atoms with Crippen LogP contribution in [0.3, 0.4) is 0 Å². The predicted molar refractivity (Wildman–Crippen MR) is 81.6 cm³/mol. The van der Waals surface area contributed by atoms with Gasteiger partial charge in [-0.05, 0) is 36.8 Å². The van der Waals surface area contributed by atoms with Crippen molar-refractivity contribution in [1.82, 2.24) is 10.2 Å². The number of nitrogens with two attached hydrogens (primary N) is 1. The Balaban J connectivity index is 1.86. The first-order valence-electron chi connectivity index (χ1n) is 7.31. The van der Waals surface area contributed by atoms with E-state index in [1.165, 1.54) is 19.3 Å².